The van der Waals surface area contributed by atoms with Crippen molar-refractivity contribution in [3.05, 3.63) is 64.2 Å². The normalized spacial score (nSPS) is 11.7. The molecule has 0 atom stereocenters. The van der Waals surface area contributed by atoms with Crippen LogP contribution < -0.4 is 10.1 Å². The number of nitrogens with zero attached hydrogens (tertiary/aromatic N) is 5. The van der Waals surface area contributed by atoms with Crippen LogP contribution >= 0.6 is 11.6 Å². The van der Waals surface area contributed by atoms with E-state index in [1.165, 1.54) is 7.11 Å². The summed E-state index contributed by atoms with van der Waals surface area (Å²) in [4.78, 5) is 16.9. The van der Waals surface area contributed by atoms with Gasteiger partial charge in [-0.25, -0.2) is 9.50 Å². The van der Waals surface area contributed by atoms with E-state index in [0.717, 1.165) is 17.3 Å². The number of methoxy groups -OCH3 is 1. The van der Waals surface area contributed by atoms with Gasteiger partial charge in [-0.1, -0.05) is 11.6 Å². The highest BCUT2D eigenvalue weighted by Crippen LogP contribution is 2.34. The van der Waals surface area contributed by atoms with Crippen LogP contribution in [0.2, 0.25) is 5.02 Å². The maximum absolute atomic E-state index is 13.8. The summed E-state index contributed by atoms with van der Waals surface area (Å²) in [7, 11) is 3.24. The van der Waals surface area contributed by atoms with Crippen molar-refractivity contribution in [3.8, 4) is 17.0 Å². The minimum Gasteiger partial charge on any atom is -0.497 e. The first-order valence-electron chi connectivity index (χ1n) is 9.66. The summed E-state index contributed by atoms with van der Waals surface area (Å²) in [6, 6.07) is 7.22. The molecule has 0 fully saturated rings. The Morgan fingerprint density at radius 3 is 2.52 bits per heavy atom. The van der Waals surface area contributed by atoms with Crippen molar-refractivity contribution in [2.75, 3.05) is 7.11 Å². The largest absolute Gasteiger partial charge is 0.497 e. The smallest absolute Gasteiger partial charge is 0.433 e. The summed E-state index contributed by atoms with van der Waals surface area (Å²) in [6.07, 6.45) is -3.18. The van der Waals surface area contributed by atoms with Gasteiger partial charge in [0.25, 0.3) is 5.91 Å². The predicted molar refractivity (Wildman–Crippen MR) is 114 cm³/mol. The number of halogens is 4. The molecule has 0 aliphatic carbocycles. The number of carbonyl (C=O) groups excluding carboxylic acids is 1. The van der Waals surface area contributed by atoms with E-state index in [-0.39, 0.29) is 28.6 Å². The summed E-state index contributed by atoms with van der Waals surface area (Å²) < 4.78 is 48.7. The molecule has 1 aromatic carbocycles. The van der Waals surface area contributed by atoms with E-state index in [1.54, 1.807) is 42.2 Å². The van der Waals surface area contributed by atoms with Gasteiger partial charge in [0.15, 0.2) is 17.0 Å². The van der Waals surface area contributed by atoms with Gasteiger partial charge in [0, 0.05) is 30.4 Å². The standard InChI is InChI=1S/C21H18ClF3N6O2/c1-11-13(10-27-30(11)2)9-26-20(32)18-17(22)19-28-15(12-4-6-14(33-3)7-5-12)8-16(21(23,24)25)31(19)29-18/h4-8,10H,9H2,1-3H3,(H,26,32). The number of benzene rings is 1. The Kier molecular flexibility index (Phi) is 5.75. The molecule has 3 heterocycles. The van der Waals surface area contributed by atoms with E-state index in [2.05, 4.69) is 20.5 Å². The molecule has 12 heteroatoms. The monoisotopic (exact) mass is 478 g/mol. The zero-order chi connectivity index (χ0) is 23.9. The van der Waals surface area contributed by atoms with Crippen LogP contribution in [0.25, 0.3) is 16.9 Å². The Balaban J connectivity index is 1.75. The third kappa shape index (κ3) is 4.23. The minimum absolute atomic E-state index is 0.0252. The van der Waals surface area contributed by atoms with Crippen molar-refractivity contribution < 1.29 is 22.7 Å². The van der Waals surface area contributed by atoms with E-state index >= 15 is 0 Å². The molecule has 1 amide bonds. The van der Waals surface area contributed by atoms with E-state index in [1.807, 2.05) is 6.92 Å². The predicted octanol–water partition coefficient (Wildman–Crippen LogP) is 4.05. The first kappa shape index (κ1) is 22.6. The molecule has 172 valence electrons. The van der Waals surface area contributed by atoms with Gasteiger partial charge in [-0.15, -0.1) is 0 Å². The molecule has 0 aliphatic heterocycles. The number of aryl methyl sites for hydroxylation is 1. The maximum atomic E-state index is 13.8. The van der Waals surface area contributed by atoms with Gasteiger partial charge in [0.1, 0.15) is 10.8 Å². The van der Waals surface area contributed by atoms with Crippen molar-refractivity contribution >= 4 is 23.2 Å². The van der Waals surface area contributed by atoms with Gasteiger partial charge in [-0.3, -0.25) is 9.48 Å². The number of aromatic nitrogens is 5. The van der Waals surface area contributed by atoms with E-state index in [0.29, 0.717) is 15.8 Å². The second-order valence-corrected chi connectivity index (χ2v) is 7.59. The van der Waals surface area contributed by atoms with Crippen LogP contribution in [0.1, 0.15) is 27.4 Å². The van der Waals surface area contributed by atoms with Gasteiger partial charge in [-0.2, -0.15) is 23.4 Å². The van der Waals surface area contributed by atoms with Crippen LogP contribution in [-0.4, -0.2) is 37.4 Å². The second kappa shape index (κ2) is 8.39. The molecule has 0 unspecified atom stereocenters. The van der Waals surface area contributed by atoms with Gasteiger partial charge in [-0.05, 0) is 37.3 Å². The zero-order valence-corrected chi connectivity index (χ0v) is 18.5. The summed E-state index contributed by atoms with van der Waals surface area (Å²) >= 11 is 6.29. The van der Waals surface area contributed by atoms with Crippen molar-refractivity contribution in [1.29, 1.82) is 0 Å². The number of fused-ring (bicyclic) bond motifs is 1. The lowest BCUT2D eigenvalue weighted by molar-refractivity contribution is -0.142. The SMILES string of the molecule is COc1ccc(-c2cc(C(F)(F)F)n3nc(C(=O)NCc4cnn(C)c4C)c(Cl)c3n2)cc1. The van der Waals surface area contributed by atoms with Crippen molar-refractivity contribution in [1.82, 2.24) is 29.7 Å². The Morgan fingerprint density at radius 1 is 1.24 bits per heavy atom. The molecule has 33 heavy (non-hydrogen) atoms. The van der Waals surface area contributed by atoms with Crippen LogP contribution in [0.15, 0.2) is 36.5 Å². The molecule has 8 nitrogen and oxygen atoms in total. The van der Waals surface area contributed by atoms with E-state index < -0.39 is 17.8 Å². The number of nitrogens with one attached hydrogen (secondary N) is 1. The van der Waals surface area contributed by atoms with Crippen LogP contribution in [0, 0.1) is 6.92 Å². The number of carbonyl (C=O) groups is 1. The molecule has 0 aliphatic rings. The number of amides is 1. The quantitative estimate of drug-likeness (QED) is 0.467. The highest BCUT2D eigenvalue weighted by atomic mass is 35.5. The van der Waals surface area contributed by atoms with Crippen molar-refractivity contribution in [2.45, 2.75) is 19.6 Å². The van der Waals surface area contributed by atoms with Crippen LogP contribution in [0.4, 0.5) is 13.2 Å². The number of alkyl halides is 3. The van der Waals surface area contributed by atoms with Crippen LogP contribution in [0.3, 0.4) is 0 Å². The fourth-order valence-corrected chi connectivity index (χ4v) is 3.47. The molecule has 0 radical (unpaired) electrons. The molecule has 0 bridgehead atoms. The van der Waals surface area contributed by atoms with E-state index in [9.17, 15) is 18.0 Å². The number of hydrogen-bond acceptors (Lipinski definition) is 5. The fourth-order valence-electron chi connectivity index (χ4n) is 3.23. The van der Waals surface area contributed by atoms with Gasteiger partial charge < -0.3 is 10.1 Å². The molecule has 0 saturated carbocycles. The summed E-state index contributed by atoms with van der Waals surface area (Å²) in [6.45, 7) is 1.94. The lowest BCUT2D eigenvalue weighted by Gasteiger charge is -2.11. The van der Waals surface area contributed by atoms with E-state index in [4.69, 9.17) is 16.3 Å². The summed E-state index contributed by atoms with van der Waals surface area (Å²) in [5.74, 6) is -0.186. The highest BCUT2D eigenvalue weighted by Gasteiger charge is 2.36. The molecular weight excluding hydrogens is 461 g/mol. The Bertz CT molecular complexity index is 1350. The van der Waals surface area contributed by atoms with Crippen LogP contribution in [-0.2, 0) is 19.8 Å². The third-order valence-corrected chi connectivity index (χ3v) is 5.55. The zero-order valence-electron chi connectivity index (χ0n) is 17.7. The molecule has 4 aromatic rings. The first-order chi connectivity index (χ1) is 15.6. The van der Waals surface area contributed by atoms with Gasteiger partial charge >= 0.3 is 6.18 Å². The lowest BCUT2D eigenvalue weighted by Crippen LogP contribution is -2.24. The summed E-state index contributed by atoms with van der Waals surface area (Å²) in [5, 5.41) is 10.2. The fraction of sp³-hybridized carbons (Fsp3) is 0.238. The Morgan fingerprint density at radius 2 is 1.94 bits per heavy atom. The number of hydrogen-bond donors (Lipinski definition) is 1. The molecule has 3 aromatic heterocycles. The molecule has 0 spiro atoms. The Labute approximate surface area is 190 Å². The third-order valence-electron chi connectivity index (χ3n) is 5.20. The maximum Gasteiger partial charge on any atom is 0.433 e. The van der Waals surface area contributed by atoms with Crippen LogP contribution in [0.5, 0.6) is 5.75 Å². The topological polar surface area (TPSA) is 86.3 Å². The van der Waals surface area contributed by atoms with Gasteiger partial charge in [0.2, 0.25) is 0 Å². The second-order valence-electron chi connectivity index (χ2n) is 7.21. The highest BCUT2D eigenvalue weighted by molar-refractivity contribution is 6.36. The van der Waals surface area contributed by atoms with Crippen molar-refractivity contribution in [3.63, 3.8) is 0 Å². The minimum atomic E-state index is -4.77. The molecule has 0 saturated heterocycles. The molecule has 4 rings (SSSR count). The summed E-state index contributed by atoms with van der Waals surface area (Å²) in [5.41, 5.74) is 0.282. The Hall–Kier alpha value is -3.60. The average molecular weight is 479 g/mol. The molecule has 1 N–H and O–H groups in total. The molecular formula is C21H18ClF3N6O2. The lowest BCUT2D eigenvalue weighted by atomic mass is 10.1. The van der Waals surface area contributed by atoms with Gasteiger partial charge in [0.05, 0.1) is 19.0 Å². The number of rotatable bonds is 5. The average Bonchev–Trinajstić information content (AvgIpc) is 3.30. The van der Waals surface area contributed by atoms with Crippen molar-refractivity contribution in [2.24, 2.45) is 7.05 Å². The first-order valence-corrected chi connectivity index (χ1v) is 10.0. The number of ether oxygens (including phenoxy) is 1.